The molecule has 0 bridgehead atoms. The van der Waals surface area contributed by atoms with Crippen molar-refractivity contribution < 1.29 is 9.13 Å². The molecule has 0 aliphatic carbocycles. The van der Waals surface area contributed by atoms with Crippen molar-refractivity contribution in [2.45, 2.75) is 20.3 Å². The standard InChI is InChI=1S/C18H16Br2FN3OS/c1-4-10-5-6-13(12(21)7-10)23-18-15(25-3)9(2)22-17(24-18)14-8-11(19)16(20)26-14/h5-8H,4H2,1-3H3,(H,22,23,24). The summed E-state index contributed by atoms with van der Waals surface area (Å²) in [6.07, 6.45) is 0.777. The lowest BCUT2D eigenvalue weighted by Gasteiger charge is -2.14. The highest BCUT2D eigenvalue weighted by atomic mass is 79.9. The van der Waals surface area contributed by atoms with E-state index >= 15 is 0 Å². The topological polar surface area (TPSA) is 47.0 Å². The van der Waals surface area contributed by atoms with Crippen LogP contribution in [-0.2, 0) is 6.42 Å². The summed E-state index contributed by atoms with van der Waals surface area (Å²) in [4.78, 5) is 9.97. The molecule has 3 rings (SSSR count). The molecule has 0 unspecified atom stereocenters. The van der Waals surface area contributed by atoms with Gasteiger partial charge >= 0.3 is 0 Å². The molecule has 4 nitrogen and oxygen atoms in total. The zero-order chi connectivity index (χ0) is 18.8. The first-order chi connectivity index (χ1) is 12.4. The van der Waals surface area contributed by atoms with Gasteiger partial charge in [0.1, 0.15) is 5.82 Å². The molecular weight excluding hydrogens is 485 g/mol. The summed E-state index contributed by atoms with van der Waals surface area (Å²) >= 11 is 8.47. The Hall–Kier alpha value is -1.51. The van der Waals surface area contributed by atoms with Gasteiger partial charge in [-0.2, -0.15) is 0 Å². The fraction of sp³-hybridized carbons (Fsp3) is 0.222. The van der Waals surface area contributed by atoms with Gasteiger partial charge in [0.2, 0.25) is 0 Å². The van der Waals surface area contributed by atoms with Crippen LogP contribution in [0.2, 0.25) is 0 Å². The van der Waals surface area contributed by atoms with Crippen LogP contribution in [0.3, 0.4) is 0 Å². The highest BCUT2D eigenvalue weighted by molar-refractivity contribution is 9.13. The third kappa shape index (κ3) is 3.92. The summed E-state index contributed by atoms with van der Waals surface area (Å²) in [5, 5.41) is 3.05. The number of anilines is 2. The van der Waals surface area contributed by atoms with E-state index in [2.05, 4.69) is 47.1 Å². The maximum atomic E-state index is 14.4. The molecule has 0 fully saturated rings. The number of hydrogen-bond donors (Lipinski definition) is 1. The molecule has 0 saturated heterocycles. The van der Waals surface area contributed by atoms with E-state index in [4.69, 9.17) is 4.74 Å². The SMILES string of the molecule is CCc1ccc(Nc2nc(-c3cc(Br)c(Br)s3)nc(C)c2OC)c(F)c1. The van der Waals surface area contributed by atoms with E-state index in [1.165, 1.54) is 17.4 Å². The Kier molecular flexibility index (Phi) is 5.94. The van der Waals surface area contributed by atoms with Gasteiger partial charge in [-0.1, -0.05) is 13.0 Å². The molecule has 8 heteroatoms. The lowest BCUT2D eigenvalue weighted by atomic mass is 10.1. The fourth-order valence-corrected chi connectivity index (χ4v) is 4.44. The monoisotopic (exact) mass is 499 g/mol. The van der Waals surface area contributed by atoms with Crippen molar-refractivity contribution in [3.63, 3.8) is 0 Å². The van der Waals surface area contributed by atoms with Crippen LogP contribution in [0.5, 0.6) is 5.75 Å². The molecule has 0 atom stereocenters. The zero-order valence-corrected chi connectivity index (χ0v) is 18.3. The van der Waals surface area contributed by atoms with Gasteiger partial charge in [0, 0.05) is 4.47 Å². The fourth-order valence-electron chi connectivity index (χ4n) is 2.47. The van der Waals surface area contributed by atoms with Crippen LogP contribution < -0.4 is 10.1 Å². The number of benzene rings is 1. The molecule has 0 spiro atoms. The maximum absolute atomic E-state index is 14.4. The molecule has 0 saturated carbocycles. The lowest BCUT2D eigenvalue weighted by Crippen LogP contribution is -2.04. The second-order valence-corrected chi connectivity index (χ2v) is 8.76. The van der Waals surface area contributed by atoms with Gasteiger partial charge in [0.15, 0.2) is 17.4 Å². The second kappa shape index (κ2) is 8.02. The van der Waals surface area contributed by atoms with E-state index in [-0.39, 0.29) is 5.82 Å². The predicted octanol–water partition coefficient (Wildman–Crippen LogP) is 6.49. The Labute approximate surface area is 172 Å². The molecule has 2 heterocycles. The number of aromatic nitrogens is 2. The van der Waals surface area contributed by atoms with Crippen molar-refractivity contribution in [3.8, 4) is 16.5 Å². The molecule has 0 amide bonds. The number of halogens is 3. The van der Waals surface area contributed by atoms with Gasteiger partial charge in [-0.3, -0.25) is 0 Å². The second-order valence-electron chi connectivity index (χ2n) is 5.54. The van der Waals surface area contributed by atoms with E-state index in [1.54, 1.807) is 13.2 Å². The molecular formula is C18H16Br2FN3OS. The molecule has 2 aromatic heterocycles. The minimum absolute atomic E-state index is 0.328. The first kappa shape index (κ1) is 19.3. The van der Waals surface area contributed by atoms with Crippen molar-refractivity contribution in [3.05, 3.63) is 49.6 Å². The highest BCUT2D eigenvalue weighted by Crippen LogP contribution is 2.39. The number of thiophene rings is 1. The summed E-state index contributed by atoms with van der Waals surface area (Å²) in [6, 6.07) is 7.07. The molecule has 0 aliphatic heterocycles. The number of hydrogen-bond acceptors (Lipinski definition) is 5. The molecule has 1 N–H and O–H groups in total. The van der Waals surface area contributed by atoms with Gasteiger partial charge in [-0.15, -0.1) is 11.3 Å². The van der Waals surface area contributed by atoms with Crippen LogP contribution in [0.15, 0.2) is 32.5 Å². The third-order valence-electron chi connectivity index (χ3n) is 3.80. The Morgan fingerprint density at radius 2 is 2.00 bits per heavy atom. The van der Waals surface area contributed by atoms with Crippen molar-refractivity contribution >= 4 is 54.7 Å². The normalized spacial score (nSPS) is 10.8. The lowest BCUT2D eigenvalue weighted by molar-refractivity contribution is 0.409. The van der Waals surface area contributed by atoms with Crippen molar-refractivity contribution in [2.24, 2.45) is 0 Å². The van der Waals surface area contributed by atoms with E-state index < -0.39 is 0 Å². The number of aryl methyl sites for hydroxylation is 2. The van der Waals surface area contributed by atoms with Crippen molar-refractivity contribution in [1.29, 1.82) is 0 Å². The zero-order valence-electron chi connectivity index (χ0n) is 14.4. The van der Waals surface area contributed by atoms with Gasteiger partial charge < -0.3 is 10.1 Å². The molecule has 0 radical (unpaired) electrons. The number of ether oxygens (including phenoxy) is 1. The van der Waals surface area contributed by atoms with E-state index in [1.807, 2.05) is 26.0 Å². The van der Waals surface area contributed by atoms with Gasteiger partial charge in [0.25, 0.3) is 0 Å². The minimum Gasteiger partial charge on any atom is -0.491 e. The smallest absolute Gasteiger partial charge is 0.182 e. The third-order valence-corrected chi connectivity index (χ3v) is 7.05. The first-order valence-corrected chi connectivity index (χ1v) is 10.3. The summed E-state index contributed by atoms with van der Waals surface area (Å²) in [6.45, 7) is 3.83. The summed E-state index contributed by atoms with van der Waals surface area (Å²) in [5.74, 6) is 1.14. The average Bonchev–Trinajstić information content (AvgIpc) is 2.95. The van der Waals surface area contributed by atoms with E-state index in [9.17, 15) is 4.39 Å². The maximum Gasteiger partial charge on any atom is 0.182 e. The Bertz CT molecular complexity index is 942. The Balaban J connectivity index is 2.05. The van der Waals surface area contributed by atoms with Crippen molar-refractivity contribution in [2.75, 3.05) is 12.4 Å². The Morgan fingerprint density at radius 1 is 1.23 bits per heavy atom. The molecule has 3 aromatic rings. The molecule has 0 aliphatic rings. The minimum atomic E-state index is -0.328. The van der Waals surface area contributed by atoms with Crippen LogP contribution in [0, 0.1) is 12.7 Å². The van der Waals surface area contributed by atoms with E-state index in [0.717, 1.165) is 25.1 Å². The Morgan fingerprint density at radius 3 is 2.58 bits per heavy atom. The molecule has 136 valence electrons. The van der Waals surface area contributed by atoms with Gasteiger partial charge in [0.05, 0.1) is 27.2 Å². The average molecular weight is 501 g/mol. The number of nitrogens with zero attached hydrogens (tertiary/aromatic N) is 2. The summed E-state index contributed by atoms with van der Waals surface area (Å²) in [5.41, 5.74) is 1.96. The van der Waals surface area contributed by atoms with Crippen LogP contribution in [0.25, 0.3) is 10.7 Å². The predicted molar refractivity (Wildman–Crippen MR) is 111 cm³/mol. The summed E-state index contributed by atoms with van der Waals surface area (Å²) < 4.78 is 21.7. The largest absolute Gasteiger partial charge is 0.491 e. The van der Waals surface area contributed by atoms with Crippen LogP contribution >= 0.6 is 43.2 Å². The van der Waals surface area contributed by atoms with Crippen molar-refractivity contribution in [1.82, 2.24) is 9.97 Å². The van der Waals surface area contributed by atoms with Gasteiger partial charge in [-0.05, 0) is 69.0 Å². The van der Waals surface area contributed by atoms with E-state index in [0.29, 0.717) is 28.8 Å². The number of rotatable bonds is 5. The van der Waals surface area contributed by atoms with Gasteiger partial charge in [-0.25, -0.2) is 14.4 Å². The molecule has 26 heavy (non-hydrogen) atoms. The number of nitrogens with one attached hydrogen (secondary N) is 1. The molecule has 1 aromatic carbocycles. The van der Waals surface area contributed by atoms with Crippen LogP contribution in [0.1, 0.15) is 18.2 Å². The quantitative estimate of drug-likeness (QED) is 0.434. The van der Waals surface area contributed by atoms with Crippen LogP contribution in [0.4, 0.5) is 15.9 Å². The summed E-state index contributed by atoms with van der Waals surface area (Å²) in [7, 11) is 1.55. The number of methoxy groups -OCH3 is 1. The first-order valence-electron chi connectivity index (χ1n) is 7.86. The highest BCUT2D eigenvalue weighted by Gasteiger charge is 2.17. The van der Waals surface area contributed by atoms with Crippen LogP contribution in [-0.4, -0.2) is 17.1 Å².